The highest BCUT2D eigenvalue weighted by Crippen LogP contribution is 2.36. The van der Waals surface area contributed by atoms with Crippen molar-refractivity contribution < 1.29 is 22.8 Å². The van der Waals surface area contributed by atoms with E-state index in [-0.39, 0.29) is 24.1 Å². The highest BCUT2D eigenvalue weighted by Gasteiger charge is 2.35. The van der Waals surface area contributed by atoms with E-state index in [0.717, 1.165) is 56.5 Å². The van der Waals surface area contributed by atoms with Crippen LogP contribution in [0.25, 0.3) is 4.85 Å². The lowest BCUT2D eigenvalue weighted by Crippen LogP contribution is -2.63. The summed E-state index contributed by atoms with van der Waals surface area (Å²) in [5.74, 6) is -0.532. The number of hydrogen-bond donors (Lipinski definition) is 2. The summed E-state index contributed by atoms with van der Waals surface area (Å²) < 4.78 is 38.5. The molecule has 1 aliphatic carbocycles. The molecule has 9 heteroatoms. The summed E-state index contributed by atoms with van der Waals surface area (Å²) in [6, 6.07) is 13.0. The zero-order chi connectivity index (χ0) is 25.7. The summed E-state index contributed by atoms with van der Waals surface area (Å²) in [5, 5.41) is 5.27. The Balaban J connectivity index is 1.15. The van der Waals surface area contributed by atoms with Gasteiger partial charge in [0.1, 0.15) is 0 Å². The molecule has 2 aromatic carbocycles. The lowest BCUT2D eigenvalue weighted by Gasteiger charge is -2.46. The number of rotatable bonds is 7. The maximum absolute atomic E-state index is 12.8. The molecule has 0 unspecified atom stereocenters. The monoisotopic (exact) mass is 498 g/mol. The van der Waals surface area contributed by atoms with Crippen LogP contribution in [0.1, 0.15) is 58.6 Å². The summed E-state index contributed by atoms with van der Waals surface area (Å²) in [4.78, 5) is 30.2. The Morgan fingerprint density at radius 2 is 1.72 bits per heavy atom. The van der Waals surface area contributed by atoms with Crippen molar-refractivity contribution in [3.8, 4) is 0 Å². The lowest BCUT2D eigenvalue weighted by atomic mass is 9.80. The molecule has 1 heterocycles. The van der Waals surface area contributed by atoms with Gasteiger partial charge in [-0.05, 0) is 55.4 Å². The van der Waals surface area contributed by atoms with Gasteiger partial charge in [-0.3, -0.25) is 14.5 Å². The average Bonchev–Trinajstić information content (AvgIpc) is 2.85. The number of halogens is 3. The van der Waals surface area contributed by atoms with E-state index in [4.69, 9.17) is 6.57 Å². The van der Waals surface area contributed by atoms with Gasteiger partial charge in [0.2, 0.25) is 12.5 Å². The summed E-state index contributed by atoms with van der Waals surface area (Å²) in [6.07, 6.45) is -0.109. The summed E-state index contributed by atoms with van der Waals surface area (Å²) in [5.41, 5.74) is 1.34. The first kappa shape index (κ1) is 25.7. The van der Waals surface area contributed by atoms with Gasteiger partial charge >= 0.3 is 6.18 Å². The second-order valence-electron chi connectivity index (χ2n) is 9.54. The molecule has 36 heavy (non-hydrogen) atoms. The molecule has 6 nitrogen and oxygen atoms in total. The maximum atomic E-state index is 12.8. The molecule has 0 spiro atoms. The molecule has 4 rings (SSSR count). The van der Waals surface area contributed by atoms with E-state index in [1.165, 1.54) is 17.7 Å². The maximum Gasteiger partial charge on any atom is 0.416 e. The third-order valence-electron chi connectivity index (χ3n) is 7.06. The number of alkyl halides is 3. The van der Waals surface area contributed by atoms with Crippen molar-refractivity contribution >= 4 is 11.8 Å². The Bertz CT molecular complexity index is 1110. The molecule has 2 aliphatic rings. The first-order chi connectivity index (χ1) is 17.2. The molecular weight excluding hydrogens is 469 g/mol. The predicted octanol–water partition coefficient (Wildman–Crippen LogP) is 4.38. The third kappa shape index (κ3) is 6.43. The van der Waals surface area contributed by atoms with Gasteiger partial charge in [-0.2, -0.15) is 13.2 Å². The Morgan fingerprint density at radius 1 is 1.03 bits per heavy atom. The molecule has 2 fully saturated rings. The van der Waals surface area contributed by atoms with Crippen LogP contribution < -0.4 is 10.6 Å². The van der Waals surface area contributed by atoms with E-state index in [2.05, 4.69) is 32.5 Å². The third-order valence-corrected chi connectivity index (χ3v) is 7.06. The van der Waals surface area contributed by atoms with E-state index in [1.54, 1.807) is 0 Å². The van der Waals surface area contributed by atoms with Crippen molar-refractivity contribution in [2.24, 2.45) is 0 Å². The predicted molar refractivity (Wildman–Crippen MR) is 129 cm³/mol. The Hall–Kier alpha value is -3.38. The first-order valence-corrected chi connectivity index (χ1v) is 12.1. The van der Waals surface area contributed by atoms with Crippen molar-refractivity contribution in [3.05, 3.63) is 82.2 Å². The molecule has 2 amide bonds. The second-order valence-corrected chi connectivity index (χ2v) is 9.54. The Kier molecular flexibility index (Phi) is 7.94. The fraction of sp³-hybridized carbons (Fsp3) is 0.444. The average molecular weight is 499 g/mol. The normalized spacial score (nSPS) is 20.7. The van der Waals surface area contributed by atoms with Crippen LogP contribution in [-0.4, -0.2) is 48.4 Å². The van der Waals surface area contributed by atoms with Gasteiger partial charge in [0, 0.05) is 30.3 Å². The van der Waals surface area contributed by atoms with Crippen LogP contribution >= 0.6 is 0 Å². The smallest absolute Gasteiger partial charge is 0.349 e. The molecule has 0 atom stereocenters. The van der Waals surface area contributed by atoms with Crippen LogP contribution in [0.2, 0.25) is 0 Å². The molecule has 0 bridgehead atoms. The minimum atomic E-state index is -4.53. The van der Waals surface area contributed by atoms with Gasteiger partial charge in [-0.15, -0.1) is 0 Å². The minimum absolute atomic E-state index is 0.00989. The van der Waals surface area contributed by atoms with Crippen LogP contribution in [0, 0.1) is 6.57 Å². The van der Waals surface area contributed by atoms with Crippen LogP contribution in [0.4, 0.5) is 13.2 Å². The van der Waals surface area contributed by atoms with E-state index in [0.29, 0.717) is 18.5 Å². The minimum Gasteiger partial charge on any atom is -0.349 e. The summed E-state index contributed by atoms with van der Waals surface area (Å²) in [7, 11) is 0. The van der Waals surface area contributed by atoms with Crippen molar-refractivity contribution in [3.63, 3.8) is 0 Å². The van der Waals surface area contributed by atoms with Crippen molar-refractivity contribution in [1.29, 1.82) is 0 Å². The van der Waals surface area contributed by atoms with Gasteiger partial charge in [-0.25, -0.2) is 6.57 Å². The van der Waals surface area contributed by atoms with Crippen LogP contribution in [0.15, 0.2) is 48.5 Å². The fourth-order valence-corrected chi connectivity index (χ4v) is 5.04. The van der Waals surface area contributed by atoms with Crippen LogP contribution in [-0.2, 0) is 17.5 Å². The van der Waals surface area contributed by atoms with Gasteiger partial charge in [0.25, 0.3) is 5.91 Å². The van der Waals surface area contributed by atoms with Gasteiger partial charge < -0.3 is 15.5 Å². The highest BCUT2D eigenvalue weighted by molar-refractivity contribution is 5.96. The lowest BCUT2D eigenvalue weighted by molar-refractivity contribution is -0.137. The number of amides is 2. The van der Waals surface area contributed by atoms with E-state index in [9.17, 15) is 22.8 Å². The Labute approximate surface area is 208 Å². The Morgan fingerprint density at radius 3 is 2.36 bits per heavy atom. The number of likely N-dealkylation sites (tertiary alicyclic amines) is 1. The molecule has 1 aliphatic heterocycles. The van der Waals surface area contributed by atoms with E-state index >= 15 is 0 Å². The first-order valence-electron chi connectivity index (χ1n) is 12.1. The van der Waals surface area contributed by atoms with Crippen molar-refractivity contribution in [1.82, 2.24) is 15.5 Å². The highest BCUT2D eigenvalue weighted by atomic mass is 19.4. The topological polar surface area (TPSA) is 65.8 Å². The summed E-state index contributed by atoms with van der Waals surface area (Å²) >= 11 is 0. The van der Waals surface area contributed by atoms with Crippen molar-refractivity contribution in [2.75, 3.05) is 19.6 Å². The summed E-state index contributed by atoms with van der Waals surface area (Å²) in [6.45, 7) is 8.62. The molecule has 0 radical (unpaired) electrons. The molecule has 2 N–H and O–H groups in total. The van der Waals surface area contributed by atoms with E-state index < -0.39 is 17.6 Å². The zero-order valence-electron chi connectivity index (χ0n) is 19.9. The van der Waals surface area contributed by atoms with Gasteiger partial charge in [0.15, 0.2) is 0 Å². The molecule has 2 aromatic rings. The number of hydrogen-bond acceptors (Lipinski definition) is 3. The molecule has 1 saturated heterocycles. The fourth-order valence-electron chi connectivity index (χ4n) is 5.04. The van der Waals surface area contributed by atoms with Crippen LogP contribution in [0.5, 0.6) is 0 Å². The quantitative estimate of drug-likeness (QED) is 0.557. The molecule has 1 saturated carbocycles. The van der Waals surface area contributed by atoms with Gasteiger partial charge in [0.05, 0.1) is 18.2 Å². The van der Waals surface area contributed by atoms with Crippen LogP contribution in [0.3, 0.4) is 0 Å². The number of nitrogens with one attached hydrogen (secondary N) is 2. The number of nitrogens with zero attached hydrogens (tertiary/aromatic N) is 2. The largest absolute Gasteiger partial charge is 0.416 e. The number of carbonyl (C=O) groups excluding carboxylic acids is 2. The number of benzene rings is 2. The SMILES string of the molecule is [C-]#[N+]Cc1ccc([C@H]2CC[C@@H](N3CC(NC(=O)CNC(=O)c4cccc(C(F)(F)F)c4)C3)CC2)cc1. The standard InChI is InChI=1S/C27H29F3N4O2/c1-31-14-18-5-7-19(8-6-18)20-9-11-24(12-10-20)34-16-23(17-34)33-25(35)15-32-26(36)21-3-2-4-22(13-21)27(28,29)30/h2-8,13,20,23-24H,9-12,14-17H2,(H,32,36)(H,33,35)/t20-,24+. The van der Waals surface area contributed by atoms with E-state index in [1.807, 2.05) is 12.1 Å². The molecule has 190 valence electrons. The molecular formula is C27H29F3N4O2. The van der Waals surface area contributed by atoms with Gasteiger partial charge in [-0.1, -0.05) is 30.3 Å². The van der Waals surface area contributed by atoms with Crippen molar-refractivity contribution in [2.45, 2.75) is 56.4 Å². The zero-order valence-corrected chi connectivity index (χ0v) is 19.9. The number of carbonyl (C=O) groups is 2. The second kappa shape index (κ2) is 11.1. The molecule has 0 aromatic heterocycles.